The molecule has 27 heavy (non-hydrogen) atoms. The van der Waals surface area contributed by atoms with E-state index in [1.807, 2.05) is 55.5 Å². The molecule has 1 atom stereocenters. The van der Waals surface area contributed by atoms with Crippen LogP contribution < -0.4 is 19.3 Å². The van der Waals surface area contributed by atoms with E-state index in [-0.39, 0.29) is 24.2 Å². The second-order valence-electron chi connectivity index (χ2n) is 6.65. The highest BCUT2D eigenvalue weighted by atomic mass is 16.6. The molecule has 0 spiro atoms. The van der Waals surface area contributed by atoms with Crippen LogP contribution in [-0.4, -0.2) is 38.1 Å². The second-order valence-corrected chi connectivity index (χ2v) is 6.65. The maximum atomic E-state index is 13.0. The molecule has 2 aromatic rings. The zero-order valence-corrected chi connectivity index (χ0v) is 15.3. The van der Waals surface area contributed by atoms with Crippen LogP contribution in [0.15, 0.2) is 48.5 Å². The highest BCUT2D eigenvalue weighted by Gasteiger charge is 2.37. The fourth-order valence-corrected chi connectivity index (χ4v) is 3.62. The van der Waals surface area contributed by atoms with Crippen LogP contribution in [0, 0.1) is 5.92 Å². The third-order valence-corrected chi connectivity index (χ3v) is 4.96. The van der Waals surface area contributed by atoms with Crippen molar-refractivity contribution < 1.29 is 19.1 Å². The van der Waals surface area contributed by atoms with Crippen molar-refractivity contribution in [3.05, 3.63) is 48.5 Å². The SMILES string of the molecule is CCN(C(=O)C1CC(=O)N(c2ccc3c(c2)OCCO3)C1)c1ccccc1. The molecular weight excluding hydrogens is 344 g/mol. The largest absolute Gasteiger partial charge is 0.486 e. The van der Waals surface area contributed by atoms with Gasteiger partial charge in [0.1, 0.15) is 13.2 Å². The van der Waals surface area contributed by atoms with Crippen molar-refractivity contribution in [2.75, 3.05) is 36.1 Å². The lowest BCUT2D eigenvalue weighted by atomic mass is 10.1. The standard InChI is InChI=1S/C21H22N2O4/c1-2-22(16-6-4-3-5-7-16)21(25)15-12-20(24)23(14-15)17-8-9-18-19(13-17)27-11-10-26-18/h3-9,13,15H,2,10-12,14H2,1H3. The molecule has 6 heteroatoms. The van der Waals surface area contributed by atoms with E-state index in [2.05, 4.69) is 0 Å². The number of ether oxygens (including phenoxy) is 2. The van der Waals surface area contributed by atoms with E-state index >= 15 is 0 Å². The van der Waals surface area contributed by atoms with Crippen LogP contribution in [0.5, 0.6) is 11.5 Å². The van der Waals surface area contributed by atoms with Crippen LogP contribution in [-0.2, 0) is 9.59 Å². The number of carbonyl (C=O) groups is 2. The fourth-order valence-electron chi connectivity index (χ4n) is 3.62. The Hall–Kier alpha value is -3.02. The van der Waals surface area contributed by atoms with Crippen LogP contribution in [0.3, 0.4) is 0 Å². The van der Waals surface area contributed by atoms with E-state index in [0.29, 0.717) is 37.8 Å². The van der Waals surface area contributed by atoms with Crippen molar-refractivity contribution in [2.45, 2.75) is 13.3 Å². The molecule has 140 valence electrons. The van der Waals surface area contributed by atoms with Gasteiger partial charge in [-0.15, -0.1) is 0 Å². The summed E-state index contributed by atoms with van der Waals surface area (Å²) in [7, 11) is 0. The first-order chi connectivity index (χ1) is 13.2. The molecule has 0 aliphatic carbocycles. The summed E-state index contributed by atoms with van der Waals surface area (Å²) in [5, 5.41) is 0. The molecule has 1 fully saturated rings. The van der Waals surface area contributed by atoms with Crippen LogP contribution >= 0.6 is 0 Å². The zero-order valence-electron chi connectivity index (χ0n) is 15.3. The minimum atomic E-state index is -0.356. The van der Waals surface area contributed by atoms with Gasteiger partial charge in [0, 0.05) is 37.0 Å². The lowest BCUT2D eigenvalue weighted by Gasteiger charge is -2.25. The number of benzene rings is 2. The minimum absolute atomic E-state index is 0.0166. The fraction of sp³-hybridized carbons (Fsp3) is 0.333. The number of rotatable bonds is 4. The lowest BCUT2D eigenvalue weighted by Crippen LogP contribution is -2.37. The highest BCUT2D eigenvalue weighted by molar-refractivity contribution is 6.04. The summed E-state index contributed by atoms with van der Waals surface area (Å²) in [6, 6.07) is 15.0. The molecule has 2 aliphatic heterocycles. The van der Waals surface area contributed by atoms with Crippen LogP contribution in [0.4, 0.5) is 11.4 Å². The normalized spacial score (nSPS) is 18.5. The van der Waals surface area contributed by atoms with Crippen LogP contribution in [0.1, 0.15) is 13.3 Å². The molecule has 0 aromatic heterocycles. The molecule has 2 heterocycles. The molecule has 0 N–H and O–H groups in total. The van der Waals surface area contributed by atoms with E-state index in [4.69, 9.17) is 9.47 Å². The summed E-state index contributed by atoms with van der Waals surface area (Å²) < 4.78 is 11.1. The van der Waals surface area contributed by atoms with Gasteiger partial charge in [0.05, 0.1) is 5.92 Å². The molecule has 6 nitrogen and oxygen atoms in total. The first-order valence-electron chi connectivity index (χ1n) is 9.24. The Morgan fingerprint density at radius 3 is 2.59 bits per heavy atom. The molecule has 0 saturated carbocycles. The van der Waals surface area contributed by atoms with E-state index in [9.17, 15) is 9.59 Å². The first-order valence-corrected chi connectivity index (χ1v) is 9.24. The number of fused-ring (bicyclic) bond motifs is 1. The average Bonchev–Trinajstić information content (AvgIpc) is 3.10. The number of hydrogen-bond donors (Lipinski definition) is 0. The number of carbonyl (C=O) groups excluding carboxylic acids is 2. The van der Waals surface area contributed by atoms with Crippen molar-refractivity contribution in [2.24, 2.45) is 5.92 Å². The number of hydrogen-bond acceptors (Lipinski definition) is 4. The van der Waals surface area contributed by atoms with Gasteiger partial charge in [-0.25, -0.2) is 0 Å². The molecule has 2 amide bonds. The van der Waals surface area contributed by atoms with Crippen LogP contribution in [0.2, 0.25) is 0 Å². The molecule has 2 aromatic carbocycles. The summed E-state index contributed by atoms with van der Waals surface area (Å²) >= 11 is 0. The quantitative estimate of drug-likeness (QED) is 0.835. The number of anilines is 2. The van der Waals surface area contributed by atoms with Crippen molar-refractivity contribution in [3.8, 4) is 11.5 Å². The molecule has 4 rings (SSSR count). The summed E-state index contributed by atoms with van der Waals surface area (Å²) in [4.78, 5) is 29.0. The van der Waals surface area contributed by atoms with Crippen molar-refractivity contribution in [1.29, 1.82) is 0 Å². The predicted molar refractivity (Wildman–Crippen MR) is 102 cm³/mol. The molecular formula is C21H22N2O4. The number of para-hydroxylation sites is 1. The van der Waals surface area contributed by atoms with E-state index < -0.39 is 0 Å². The second kappa shape index (κ2) is 7.31. The van der Waals surface area contributed by atoms with Gasteiger partial charge in [-0.1, -0.05) is 18.2 Å². The Labute approximate surface area is 158 Å². The summed E-state index contributed by atoms with van der Waals surface area (Å²) in [6.07, 6.45) is 0.219. The van der Waals surface area contributed by atoms with Crippen molar-refractivity contribution >= 4 is 23.2 Å². The van der Waals surface area contributed by atoms with Gasteiger partial charge >= 0.3 is 0 Å². The van der Waals surface area contributed by atoms with Gasteiger partial charge in [-0.05, 0) is 31.2 Å². The maximum Gasteiger partial charge on any atom is 0.232 e. The molecule has 1 saturated heterocycles. The average molecular weight is 366 g/mol. The highest BCUT2D eigenvalue weighted by Crippen LogP contribution is 2.36. The Kier molecular flexibility index (Phi) is 4.71. The topological polar surface area (TPSA) is 59.1 Å². The molecule has 0 bridgehead atoms. The van der Waals surface area contributed by atoms with E-state index in [1.165, 1.54) is 0 Å². The third kappa shape index (κ3) is 3.35. The maximum absolute atomic E-state index is 13.0. The Morgan fingerprint density at radius 1 is 1.11 bits per heavy atom. The zero-order chi connectivity index (χ0) is 18.8. The van der Waals surface area contributed by atoms with Gasteiger partial charge in [-0.2, -0.15) is 0 Å². The number of amides is 2. The third-order valence-electron chi connectivity index (χ3n) is 4.96. The summed E-state index contributed by atoms with van der Waals surface area (Å²) in [6.45, 7) is 3.91. The smallest absolute Gasteiger partial charge is 0.232 e. The molecule has 1 unspecified atom stereocenters. The molecule has 0 radical (unpaired) electrons. The van der Waals surface area contributed by atoms with Crippen LogP contribution in [0.25, 0.3) is 0 Å². The van der Waals surface area contributed by atoms with Gasteiger partial charge < -0.3 is 19.3 Å². The lowest BCUT2D eigenvalue weighted by molar-refractivity contribution is -0.124. The van der Waals surface area contributed by atoms with Gasteiger partial charge in [0.2, 0.25) is 11.8 Å². The van der Waals surface area contributed by atoms with E-state index in [1.54, 1.807) is 9.80 Å². The van der Waals surface area contributed by atoms with E-state index in [0.717, 1.165) is 11.4 Å². The van der Waals surface area contributed by atoms with Gasteiger partial charge in [0.15, 0.2) is 11.5 Å². The molecule has 2 aliphatic rings. The van der Waals surface area contributed by atoms with Gasteiger partial charge in [0.25, 0.3) is 0 Å². The monoisotopic (exact) mass is 366 g/mol. The van der Waals surface area contributed by atoms with Crippen molar-refractivity contribution in [3.63, 3.8) is 0 Å². The minimum Gasteiger partial charge on any atom is -0.486 e. The summed E-state index contributed by atoms with van der Waals surface area (Å²) in [5.74, 6) is 0.906. The number of nitrogens with zero attached hydrogens (tertiary/aromatic N) is 2. The first kappa shape index (κ1) is 17.4. The van der Waals surface area contributed by atoms with Crippen molar-refractivity contribution in [1.82, 2.24) is 0 Å². The Bertz CT molecular complexity index is 853. The summed E-state index contributed by atoms with van der Waals surface area (Å²) in [5.41, 5.74) is 1.59. The Balaban J connectivity index is 1.52. The predicted octanol–water partition coefficient (Wildman–Crippen LogP) is 2.86. The van der Waals surface area contributed by atoms with Gasteiger partial charge in [-0.3, -0.25) is 9.59 Å². The Morgan fingerprint density at radius 2 is 1.85 bits per heavy atom.